The van der Waals surface area contributed by atoms with E-state index < -0.39 is 5.60 Å². The zero-order chi connectivity index (χ0) is 18.9. The van der Waals surface area contributed by atoms with E-state index >= 15 is 0 Å². The molecule has 0 radical (unpaired) electrons. The molecule has 2 heterocycles. The molecule has 0 amide bonds. The largest absolute Gasteiger partial charge is 0.497 e. The molecule has 1 aromatic heterocycles. The molecule has 2 aromatic rings. The van der Waals surface area contributed by atoms with E-state index in [1.165, 1.54) is 0 Å². The van der Waals surface area contributed by atoms with Crippen molar-refractivity contribution in [1.82, 2.24) is 10.3 Å². The number of hydrogen-bond donors (Lipinski definition) is 1. The number of hydrogen-bond acceptors (Lipinski definition) is 5. The number of carbonyl (C=O) groups is 1. The van der Waals surface area contributed by atoms with Crippen molar-refractivity contribution < 1.29 is 14.3 Å². The molecule has 2 fully saturated rings. The van der Waals surface area contributed by atoms with E-state index in [-0.39, 0.29) is 5.78 Å². The van der Waals surface area contributed by atoms with Crippen LogP contribution in [0.2, 0.25) is 0 Å². The lowest BCUT2D eigenvalue weighted by Crippen LogP contribution is -2.58. The number of aromatic nitrogens is 1. The molecule has 142 valence electrons. The van der Waals surface area contributed by atoms with E-state index in [4.69, 9.17) is 9.47 Å². The average Bonchev–Trinajstić information content (AvgIpc) is 3.55. The van der Waals surface area contributed by atoms with E-state index in [1.54, 1.807) is 25.4 Å². The second kappa shape index (κ2) is 7.31. The minimum atomic E-state index is -0.948. The van der Waals surface area contributed by atoms with Crippen molar-refractivity contribution in [1.29, 1.82) is 0 Å². The Hall–Kier alpha value is -2.40. The Bertz CT molecular complexity index is 824. The Morgan fingerprint density at radius 2 is 2.04 bits per heavy atom. The maximum atomic E-state index is 13.7. The molecule has 2 aliphatic rings. The first-order valence-corrected chi connectivity index (χ1v) is 9.67. The first-order valence-electron chi connectivity index (χ1n) is 9.67. The highest BCUT2D eigenvalue weighted by Gasteiger charge is 2.45. The maximum Gasteiger partial charge on any atom is 0.218 e. The van der Waals surface area contributed by atoms with E-state index in [0.29, 0.717) is 36.6 Å². The summed E-state index contributed by atoms with van der Waals surface area (Å²) in [6.45, 7) is 2.61. The number of pyridine rings is 1. The lowest BCUT2D eigenvalue weighted by Gasteiger charge is -2.39. The monoisotopic (exact) mass is 366 g/mol. The minimum absolute atomic E-state index is 0.0500. The van der Waals surface area contributed by atoms with Crippen LogP contribution in [0.4, 0.5) is 0 Å². The van der Waals surface area contributed by atoms with E-state index in [1.807, 2.05) is 18.2 Å². The van der Waals surface area contributed by atoms with Crippen LogP contribution >= 0.6 is 0 Å². The summed E-state index contributed by atoms with van der Waals surface area (Å²) in [6.07, 6.45) is 5.50. The summed E-state index contributed by atoms with van der Waals surface area (Å²) in [4.78, 5) is 18.0. The van der Waals surface area contributed by atoms with Crippen LogP contribution < -0.4 is 14.8 Å². The first-order chi connectivity index (χ1) is 13.1. The number of Topliss-reactive ketones (excluding diaryl/α,β-unsaturated/α-hetero) is 1. The van der Waals surface area contributed by atoms with Gasteiger partial charge in [0.15, 0.2) is 5.60 Å². The number of nitrogens with zero attached hydrogens (tertiary/aromatic N) is 1. The van der Waals surface area contributed by atoms with Crippen molar-refractivity contribution in [2.45, 2.75) is 50.2 Å². The van der Waals surface area contributed by atoms with Gasteiger partial charge in [-0.3, -0.25) is 4.79 Å². The summed E-state index contributed by atoms with van der Waals surface area (Å²) >= 11 is 0. The summed E-state index contributed by atoms with van der Waals surface area (Å²) in [5, 5.41) is 3.43. The molecule has 1 saturated heterocycles. The number of piperidine rings is 1. The fourth-order valence-electron chi connectivity index (χ4n) is 3.78. The van der Waals surface area contributed by atoms with Crippen molar-refractivity contribution >= 4 is 5.78 Å². The van der Waals surface area contributed by atoms with Gasteiger partial charge >= 0.3 is 0 Å². The Labute approximate surface area is 160 Å². The predicted octanol–water partition coefficient (Wildman–Crippen LogP) is 3.74. The van der Waals surface area contributed by atoms with E-state index in [9.17, 15) is 4.79 Å². The van der Waals surface area contributed by atoms with Gasteiger partial charge in [0.2, 0.25) is 11.7 Å². The second-order valence-corrected chi connectivity index (χ2v) is 7.64. The topological polar surface area (TPSA) is 60.5 Å². The smallest absolute Gasteiger partial charge is 0.218 e. The van der Waals surface area contributed by atoms with Crippen LogP contribution in [0.5, 0.6) is 11.6 Å². The van der Waals surface area contributed by atoms with E-state index in [0.717, 1.165) is 30.4 Å². The van der Waals surface area contributed by atoms with Crippen molar-refractivity contribution in [3.63, 3.8) is 0 Å². The number of rotatable bonds is 6. The molecule has 5 heteroatoms. The highest BCUT2D eigenvalue weighted by molar-refractivity contribution is 6.04. The van der Waals surface area contributed by atoms with Gasteiger partial charge in [-0.15, -0.1) is 0 Å². The van der Waals surface area contributed by atoms with Gasteiger partial charge in [-0.25, -0.2) is 4.98 Å². The molecule has 5 nitrogen and oxygen atoms in total. The molecule has 2 atom stereocenters. The number of methoxy groups -OCH3 is 1. The summed E-state index contributed by atoms with van der Waals surface area (Å²) in [5.41, 5.74) is 0.999. The third-order valence-corrected chi connectivity index (χ3v) is 5.60. The predicted molar refractivity (Wildman–Crippen MR) is 104 cm³/mol. The molecule has 1 aromatic carbocycles. The van der Waals surface area contributed by atoms with Gasteiger partial charge in [0.05, 0.1) is 7.11 Å². The second-order valence-electron chi connectivity index (χ2n) is 7.64. The van der Waals surface area contributed by atoms with Crippen LogP contribution in [0.1, 0.15) is 54.4 Å². The van der Waals surface area contributed by atoms with Crippen molar-refractivity contribution in [3.8, 4) is 11.6 Å². The van der Waals surface area contributed by atoms with Gasteiger partial charge in [-0.05, 0) is 50.2 Å². The van der Waals surface area contributed by atoms with Gasteiger partial charge in [0, 0.05) is 30.4 Å². The molecule has 4 rings (SSSR count). The Kier molecular flexibility index (Phi) is 4.87. The van der Waals surface area contributed by atoms with Crippen molar-refractivity contribution in [2.24, 2.45) is 0 Å². The first kappa shape index (κ1) is 18.0. The summed E-state index contributed by atoms with van der Waals surface area (Å²) in [7, 11) is 1.61. The number of ketones is 1. The molecule has 0 bridgehead atoms. The van der Waals surface area contributed by atoms with Crippen molar-refractivity contribution in [3.05, 3.63) is 53.7 Å². The fourth-order valence-corrected chi connectivity index (χ4v) is 3.78. The van der Waals surface area contributed by atoms with Crippen molar-refractivity contribution in [2.75, 3.05) is 13.7 Å². The quantitative estimate of drug-likeness (QED) is 0.789. The summed E-state index contributed by atoms with van der Waals surface area (Å²) in [5.74, 6) is 1.64. The Morgan fingerprint density at radius 1 is 1.22 bits per heavy atom. The summed E-state index contributed by atoms with van der Waals surface area (Å²) < 4.78 is 11.6. The molecular formula is C22H26N2O3. The highest BCUT2D eigenvalue weighted by Crippen LogP contribution is 2.43. The Morgan fingerprint density at radius 3 is 2.74 bits per heavy atom. The summed E-state index contributed by atoms with van der Waals surface area (Å²) in [6, 6.07) is 11.9. The fraction of sp³-hybridized carbons (Fsp3) is 0.455. The lowest BCUT2D eigenvalue weighted by atomic mass is 9.82. The van der Waals surface area contributed by atoms with E-state index in [2.05, 4.69) is 23.3 Å². The lowest BCUT2D eigenvalue weighted by molar-refractivity contribution is 0.0262. The number of benzene rings is 1. The molecule has 27 heavy (non-hydrogen) atoms. The van der Waals surface area contributed by atoms with Crippen LogP contribution in [-0.2, 0) is 0 Å². The van der Waals surface area contributed by atoms with Crippen LogP contribution in [-0.4, -0.2) is 36.1 Å². The number of carbonyl (C=O) groups excluding carboxylic acids is 1. The SMILES string of the molecule is COc1ccnc(O[C@]2(C(=O)c3ccccc3C3CC3)CC[C@@H](C)NC2)c1. The molecule has 1 aliphatic heterocycles. The third kappa shape index (κ3) is 3.69. The minimum Gasteiger partial charge on any atom is -0.497 e. The molecular weight excluding hydrogens is 340 g/mol. The van der Waals surface area contributed by atoms with Gasteiger partial charge in [-0.2, -0.15) is 0 Å². The zero-order valence-electron chi connectivity index (χ0n) is 15.9. The van der Waals surface area contributed by atoms with Gasteiger partial charge in [0.1, 0.15) is 5.75 Å². The molecule has 1 N–H and O–H groups in total. The number of nitrogens with one attached hydrogen (secondary N) is 1. The third-order valence-electron chi connectivity index (χ3n) is 5.60. The highest BCUT2D eigenvalue weighted by atomic mass is 16.5. The van der Waals surface area contributed by atoms with Gasteiger partial charge < -0.3 is 14.8 Å². The van der Waals surface area contributed by atoms with Gasteiger partial charge in [0.25, 0.3) is 0 Å². The molecule has 1 aliphatic carbocycles. The van der Waals surface area contributed by atoms with Crippen LogP contribution in [0.3, 0.4) is 0 Å². The zero-order valence-corrected chi connectivity index (χ0v) is 15.9. The van der Waals surface area contributed by atoms with Crippen LogP contribution in [0.25, 0.3) is 0 Å². The maximum absolute atomic E-state index is 13.7. The Balaban J connectivity index is 1.69. The molecule has 1 saturated carbocycles. The number of ether oxygens (including phenoxy) is 2. The van der Waals surface area contributed by atoms with Gasteiger partial charge in [-0.1, -0.05) is 24.3 Å². The standard InChI is InChI=1S/C22H26N2O3/c1-15-9-11-22(14-24-15,27-20-13-17(26-2)10-12-23-20)21(25)19-6-4-3-5-18(19)16-7-8-16/h3-6,10,12-13,15-16,24H,7-9,11,14H2,1-2H3/t15-,22-/m1/s1. The molecule has 0 spiro atoms. The normalized spacial score (nSPS) is 25.0. The molecule has 0 unspecified atom stereocenters. The van der Waals surface area contributed by atoms with Crippen LogP contribution in [0, 0.1) is 0 Å². The average molecular weight is 366 g/mol. The van der Waals surface area contributed by atoms with Crippen LogP contribution in [0.15, 0.2) is 42.6 Å².